The number of nitrogens with one attached hydrogen (secondary N) is 2. The molecule has 2 aromatic carbocycles. The average molecular weight is 352 g/mol. The molecule has 1 aliphatic rings. The lowest BCUT2D eigenvalue weighted by atomic mass is 10.1. The molecule has 3 rings (SSSR count). The first-order valence-electron chi connectivity index (χ1n) is 7.47. The first kappa shape index (κ1) is 16.9. The summed E-state index contributed by atoms with van der Waals surface area (Å²) >= 11 is 0. The number of hydrogen-bond donors (Lipinski definition) is 2. The smallest absolute Gasteiger partial charge is 0.416 e. The number of alkyl halides is 3. The zero-order valence-electron chi connectivity index (χ0n) is 13.2. The average Bonchev–Trinajstić information content (AvgIpc) is 3.01. The molecule has 5 nitrogen and oxygen atoms in total. The van der Waals surface area contributed by atoms with Gasteiger partial charge in [0.05, 0.1) is 11.6 Å². The van der Waals surface area contributed by atoms with E-state index in [0.717, 1.165) is 17.7 Å². The van der Waals surface area contributed by atoms with Crippen molar-refractivity contribution < 1.29 is 27.4 Å². The van der Waals surface area contributed by atoms with E-state index < -0.39 is 17.8 Å². The van der Waals surface area contributed by atoms with Crippen LogP contribution in [0.15, 0.2) is 42.5 Å². The Hall–Kier alpha value is -2.90. The molecule has 1 heterocycles. The Labute approximate surface area is 141 Å². The number of anilines is 1. The van der Waals surface area contributed by atoms with Crippen molar-refractivity contribution in [2.24, 2.45) is 0 Å². The molecule has 1 aliphatic heterocycles. The first-order chi connectivity index (χ1) is 11.8. The maximum Gasteiger partial charge on any atom is 0.416 e. The molecule has 8 heteroatoms. The predicted octanol–water partition coefficient (Wildman–Crippen LogP) is 4.32. The number of ether oxygens (including phenoxy) is 2. The molecule has 2 aromatic rings. The van der Waals surface area contributed by atoms with E-state index in [1.165, 1.54) is 12.1 Å². The number of carbonyl (C=O) groups excluding carboxylic acids is 1. The second kappa shape index (κ2) is 6.54. The topological polar surface area (TPSA) is 59.6 Å². The van der Waals surface area contributed by atoms with E-state index in [1.54, 1.807) is 25.1 Å². The molecule has 0 spiro atoms. The number of benzene rings is 2. The summed E-state index contributed by atoms with van der Waals surface area (Å²) in [6, 6.07) is 8.73. The molecule has 0 aliphatic carbocycles. The van der Waals surface area contributed by atoms with Gasteiger partial charge in [-0.2, -0.15) is 13.2 Å². The van der Waals surface area contributed by atoms with Crippen molar-refractivity contribution in [3.63, 3.8) is 0 Å². The van der Waals surface area contributed by atoms with Crippen molar-refractivity contribution in [2.75, 3.05) is 12.1 Å². The lowest BCUT2D eigenvalue weighted by molar-refractivity contribution is -0.137. The first-order valence-corrected chi connectivity index (χ1v) is 7.47. The molecule has 2 N–H and O–H groups in total. The number of hydrogen-bond acceptors (Lipinski definition) is 3. The van der Waals surface area contributed by atoms with Gasteiger partial charge in [0, 0.05) is 5.69 Å². The van der Waals surface area contributed by atoms with Gasteiger partial charge in [0.25, 0.3) is 0 Å². The molecule has 0 fully saturated rings. The summed E-state index contributed by atoms with van der Waals surface area (Å²) < 4.78 is 48.6. The van der Waals surface area contributed by atoms with Crippen molar-refractivity contribution in [1.82, 2.24) is 5.32 Å². The van der Waals surface area contributed by atoms with Crippen LogP contribution < -0.4 is 20.1 Å². The Morgan fingerprint density at radius 2 is 1.88 bits per heavy atom. The zero-order chi connectivity index (χ0) is 18.0. The minimum Gasteiger partial charge on any atom is -0.454 e. The predicted molar refractivity (Wildman–Crippen MR) is 84.6 cm³/mol. The van der Waals surface area contributed by atoms with Crippen LogP contribution in [0.2, 0.25) is 0 Å². The van der Waals surface area contributed by atoms with Crippen molar-refractivity contribution in [1.29, 1.82) is 0 Å². The van der Waals surface area contributed by atoms with Gasteiger partial charge in [-0.1, -0.05) is 12.1 Å². The number of urea groups is 1. The van der Waals surface area contributed by atoms with Gasteiger partial charge in [-0.25, -0.2) is 4.79 Å². The fourth-order valence-corrected chi connectivity index (χ4v) is 2.40. The third-order valence-corrected chi connectivity index (χ3v) is 3.69. The fourth-order valence-electron chi connectivity index (χ4n) is 2.40. The molecule has 0 radical (unpaired) electrons. The molecule has 0 aromatic heterocycles. The Morgan fingerprint density at radius 1 is 1.12 bits per heavy atom. The summed E-state index contributed by atoms with van der Waals surface area (Å²) in [4.78, 5) is 12.0. The SMILES string of the molecule is C[C@H](NC(=O)Nc1cccc(C(F)(F)F)c1)c1ccc2c(c1)OCO2. The molecule has 25 heavy (non-hydrogen) atoms. The van der Waals surface area contributed by atoms with Crippen molar-refractivity contribution in [2.45, 2.75) is 19.1 Å². The monoisotopic (exact) mass is 352 g/mol. The van der Waals surface area contributed by atoms with Crippen LogP contribution in [0.3, 0.4) is 0 Å². The second-order valence-electron chi connectivity index (χ2n) is 5.51. The molecule has 0 saturated heterocycles. The largest absolute Gasteiger partial charge is 0.454 e. The van der Waals surface area contributed by atoms with Gasteiger partial charge in [0.15, 0.2) is 11.5 Å². The molecule has 0 bridgehead atoms. The lowest BCUT2D eigenvalue weighted by Gasteiger charge is -2.16. The van der Waals surface area contributed by atoms with Crippen LogP contribution in [0.5, 0.6) is 11.5 Å². The summed E-state index contributed by atoms with van der Waals surface area (Å²) in [7, 11) is 0. The normalized spacial score (nSPS) is 14.1. The van der Waals surface area contributed by atoms with E-state index in [0.29, 0.717) is 11.5 Å². The summed E-state index contributed by atoms with van der Waals surface area (Å²) in [6.07, 6.45) is -4.46. The Kier molecular flexibility index (Phi) is 4.43. The Bertz CT molecular complexity index is 793. The van der Waals surface area contributed by atoms with Crippen LogP contribution in [0.25, 0.3) is 0 Å². The van der Waals surface area contributed by atoms with Gasteiger partial charge in [-0.05, 0) is 42.8 Å². The van der Waals surface area contributed by atoms with Crippen LogP contribution >= 0.6 is 0 Å². The summed E-state index contributed by atoms with van der Waals surface area (Å²) in [6.45, 7) is 1.90. The second-order valence-corrected chi connectivity index (χ2v) is 5.51. The van der Waals surface area contributed by atoms with Crippen molar-refractivity contribution >= 4 is 11.7 Å². The number of amides is 2. The molecule has 1 atom stereocenters. The van der Waals surface area contributed by atoms with Gasteiger partial charge in [-0.15, -0.1) is 0 Å². The van der Waals surface area contributed by atoms with E-state index in [2.05, 4.69) is 10.6 Å². The standard InChI is InChI=1S/C17H15F3N2O3/c1-10(11-5-6-14-15(7-11)25-9-24-14)21-16(23)22-13-4-2-3-12(8-13)17(18,19)20/h2-8,10H,9H2,1H3,(H2,21,22,23)/t10-/m0/s1. The fraction of sp³-hybridized carbons (Fsp3) is 0.235. The summed E-state index contributed by atoms with van der Waals surface area (Å²) in [5.41, 5.74) is 0.0165. The highest BCUT2D eigenvalue weighted by Crippen LogP contribution is 2.34. The van der Waals surface area contributed by atoms with Gasteiger partial charge in [-0.3, -0.25) is 0 Å². The quantitative estimate of drug-likeness (QED) is 0.865. The van der Waals surface area contributed by atoms with E-state index in [-0.39, 0.29) is 18.5 Å². The highest BCUT2D eigenvalue weighted by atomic mass is 19.4. The lowest BCUT2D eigenvalue weighted by Crippen LogP contribution is -2.31. The van der Waals surface area contributed by atoms with E-state index in [9.17, 15) is 18.0 Å². The number of fused-ring (bicyclic) bond motifs is 1. The molecule has 2 amide bonds. The maximum atomic E-state index is 12.7. The third kappa shape index (κ3) is 3.96. The minimum absolute atomic E-state index is 0.0604. The zero-order valence-corrected chi connectivity index (χ0v) is 13.2. The van der Waals surface area contributed by atoms with Crippen molar-refractivity contribution in [3.05, 3.63) is 53.6 Å². The van der Waals surface area contributed by atoms with E-state index in [4.69, 9.17) is 9.47 Å². The molecular formula is C17H15F3N2O3. The van der Waals surface area contributed by atoms with Gasteiger partial charge in [0.1, 0.15) is 0 Å². The molecule has 0 unspecified atom stereocenters. The van der Waals surface area contributed by atoms with Gasteiger partial charge < -0.3 is 20.1 Å². The van der Waals surface area contributed by atoms with Crippen molar-refractivity contribution in [3.8, 4) is 11.5 Å². The number of halogens is 3. The van der Waals surface area contributed by atoms with Crippen LogP contribution in [0, 0.1) is 0 Å². The highest BCUT2D eigenvalue weighted by Gasteiger charge is 2.30. The Morgan fingerprint density at radius 3 is 2.64 bits per heavy atom. The van der Waals surface area contributed by atoms with Gasteiger partial charge >= 0.3 is 12.2 Å². The van der Waals surface area contributed by atoms with Crippen LogP contribution in [0.4, 0.5) is 23.7 Å². The van der Waals surface area contributed by atoms with E-state index in [1.807, 2.05) is 0 Å². The number of carbonyl (C=O) groups is 1. The van der Waals surface area contributed by atoms with Gasteiger partial charge in [0.2, 0.25) is 6.79 Å². The summed E-state index contributed by atoms with van der Waals surface area (Å²) in [5, 5.41) is 5.07. The molecular weight excluding hydrogens is 337 g/mol. The van der Waals surface area contributed by atoms with Crippen LogP contribution in [-0.2, 0) is 6.18 Å². The highest BCUT2D eigenvalue weighted by molar-refractivity contribution is 5.89. The summed E-state index contributed by atoms with van der Waals surface area (Å²) in [5.74, 6) is 1.22. The molecule has 0 saturated carbocycles. The minimum atomic E-state index is -4.46. The molecule has 132 valence electrons. The Balaban J connectivity index is 1.64. The maximum absolute atomic E-state index is 12.7. The number of rotatable bonds is 3. The third-order valence-electron chi connectivity index (χ3n) is 3.69. The van der Waals surface area contributed by atoms with Crippen LogP contribution in [0.1, 0.15) is 24.1 Å². The van der Waals surface area contributed by atoms with E-state index >= 15 is 0 Å². The van der Waals surface area contributed by atoms with Crippen LogP contribution in [-0.4, -0.2) is 12.8 Å².